The van der Waals surface area contributed by atoms with E-state index in [-0.39, 0.29) is 0 Å². The van der Waals surface area contributed by atoms with Gasteiger partial charge in [-0.1, -0.05) is 36.9 Å². The smallest absolute Gasteiger partial charge is 0.188 e. The van der Waals surface area contributed by atoms with Gasteiger partial charge in [0.25, 0.3) is 0 Å². The van der Waals surface area contributed by atoms with E-state index in [0.717, 1.165) is 32.8 Å². The van der Waals surface area contributed by atoms with E-state index in [9.17, 15) is 0 Å². The summed E-state index contributed by atoms with van der Waals surface area (Å²) in [5, 5.41) is 6.14. The van der Waals surface area contributed by atoms with Crippen molar-refractivity contribution in [2.75, 3.05) is 5.32 Å². The maximum Gasteiger partial charge on any atom is 0.188 e. The molecule has 1 N–H and O–H groups in total. The maximum atomic E-state index is 6.12. The first-order valence-corrected chi connectivity index (χ1v) is 10.5. The Balaban J connectivity index is 1.63. The molecular formula is C21H18N4OS2. The summed E-state index contributed by atoms with van der Waals surface area (Å²) in [5.74, 6) is 2.05. The molecule has 0 fully saturated rings. The van der Waals surface area contributed by atoms with Crippen LogP contribution in [0.25, 0.3) is 0 Å². The third-order valence-corrected chi connectivity index (χ3v) is 5.60. The van der Waals surface area contributed by atoms with E-state index < -0.39 is 0 Å². The average molecular weight is 407 g/mol. The van der Waals surface area contributed by atoms with Crippen LogP contribution in [-0.4, -0.2) is 15.0 Å². The molecule has 4 aromatic rings. The zero-order chi connectivity index (χ0) is 19.2. The zero-order valence-electron chi connectivity index (χ0n) is 15.2. The highest BCUT2D eigenvalue weighted by Crippen LogP contribution is 2.36. The highest BCUT2D eigenvalue weighted by Gasteiger charge is 2.12. The van der Waals surface area contributed by atoms with Crippen LogP contribution in [0, 0.1) is 0 Å². The summed E-state index contributed by atoms with van der Waals surface area (Å²) in [5.41, 5.74) is 1.06. The van der Waals surface area contributed by atoms with Crippen molar-refractivity contribution in [3.63, 3.8) is 0 Å². The fourth-order valence-corrected chi connectivity index (χ4v) is 4.03. The van der Waals surface area contributed by atoms with Gasteiger partial charge in [-0.2, -0.15) is 0 Å². The van der Waals surface area contributed by atoms with Gasteiger partial charge in [0.05, 0.1) is 5.69 Å². The molecule has 3 aromatic heterocycles. The van der Waals surface area contributed by atoms with Crippen molar-refractivity contribution in [3.05, 3.63) is 78.2 Å². The first kappa shape index (κ1) is 18.5. The SMILES string of the molecule is CCc1csc(Nc2ncc(Sc3ccncc3)cc2Oc2ccccc2)n1. The minimum atomic E-state index is 0.639. The van der Waals surface area contributed by atoms with Gasteiger partial charge in [-0.15, -0.1) is 11.3 Å². The lowest BCUT2D eigenvalue weighted by Crippen LogP contribution is -1.98. The van der Waals surface area contributed by atoms with E-state index in [1.54, 1.807) is 35.5 Å². The summed E-state index contributed by atoms with van der Waals surface area (Å²) in [6, 6.07) is 15.6. The average Bonchev–Trinajstić information content (AvgIpc) is 3.19. The first-order valence-electron chi connectivity index (χ1n) is 8.82. The van der Waals surface area contributed by atoms with E-state index in [4.69, 9.17) is 4.74 Å². The highest BCUT2D eigenvalue weighted by molar-refractivity contribution is 7.99. The lowest BCUT2D eigenvalue weighted by atomic mass is 10.3. The third kappa shape index (κ3) is 4.68. The number of nitrogens with zero attached hydrogens (tertiary/aromatic N) is 3. The van der Waals surface area contributed by atoms with Crippen LogP contribution in [0.5, 0.6) is 11.5 Å². The summed E-state index contributed by atoms with van der Waals surface area (Å²) >= 11 is 3.17. The van der Waals surface area contributed by atoms with Crippen LogP contribution in [0.4, 0.5) is 10.9 Å². The second kappa shape index (κ2) is 8.86. The minimum Gasteiger partial charge on any atom is -0.453 e. The molecule has 0 atom stereocenters. The van der Waals surface area contributed by atoms with Gasteiger partial charge in [0, 0.05) is 39.8 Å². The first-order chi connectivity index (χ1) is 13.8. The monoisotopic (exact) mass is 406 g/mol. The quantitative estimate of drug-likeness (QED) is 0.395. The lowest BCUT2D eigenvalue weighted by molar-refractivity contribution is 0.481. The van der Waals surface area contributed by atoms with Crippen LogP contribution in [0.15, 0.2) is 82.3 Å². The van der Waals surface area contributed by atoms with Crippen molar-refractivity contribution < 1.29 is 4.74 Å². The molecule has 0 radical (unpaired) electrons. The van der Waals surface area contributed by atoms with E-state index in [0.29, 0.717) is 11.6 Å². The van der Waals surface area contributed by atoms with Crippen LogP contribution < -0.4 is 10.1 Å². The standard InChI is InChI=1S/C21H18N4OS2/c1-2-15-14-27-21(24-15)25-20-19(26-16-6-4-3-5-7-16)12-18(13-23-20)28-17-8-10-22-11-9-17/h3-14H,2H2,1H3,(H,23,24,25). The van der Waals surface area contributed by atoms with Crippen molar-refractivity contribution in [2.24, 2.45) is 0 Å². The van der Waals surface area contributed by atoms with Gasteiger partial charge in [-0.25, -0.2) is 9.97 Å². The molecule has 0 spiro atoms. The van der Waals surface area contributed by atoms with E-state index >= 15 is 0 Å². The molecule has 0 aliphatic carbocycles. The zero-order valence-corrected chi connectivity index (χ0v) is 16.8. The number of thiazole rings is 1. The molecule has 4 rings (SSSR count). The molecular weight excluding hydrogens is 388 g/mol. The van der Waals surface area contributed by atoms with Gasteiger partial charge in [-0.05, 0) is 30.7 Å². The Morgan fingerprint density at radius 3 is 2.64 bits per heavy atom. The van der Waals surface area contributed by atoms with Gasteiger partial charge in [-0.3, -0.25) is 4.98 Å². The van der Waals surface area contributed by atoms with Crippen LogP contribution >= 0.6 is 23.1 Å². The number of pyridine rings is 2. The lowest BCUT2D eigenvalue weighted by Gasteiger charge is -2.12. The highest BCUT2D eigenvalue weighted by atomic mass is 32.2. The number of anilines is 2. The van der Waals surface area contributed by atoms with Crippen molar-refractivity contribution in [1.29, 1.82) is 0 Å². The topological polar surface area (TPSA) is 59.9 Å². The second-order valence-electron chi connectivity index (χ2n) is 5.84. The van der Waals surface area contributed by atoms with Crippen molar-refractivity contribution >= 4 is 34.0 Å². The Hall–Kier alpha value is -2.90. The molecule has 28 heavy (non-hydrogen) atoms. The third-order valence-electron chi connectivity index (χ3n) is 3.82. The molecule has 140 valence electrons. The van der Waals surface area contributed by atoms with Gasteiger partial charge >= 0.3 is 0 Å². The summed E-state index contributed by atoms with van der Waals surface area (Å²) in [7, 11) is 0. The fraction of sp³-hybridized carbons (Fsp3) is 0.0952. The number of para-hydroxylation sites is 1. The molecule has 0 saturated heterocycles. The largest absolute Gasteiger partial charge is 0.453 e. The summed E-state index contributed by atoms with van der Waals surface area (Å²) in [6.45, 7) is 2.09. The van der Waals surface area contributed by atoms with Gasteiger partial charge < -0.3 is 10.1 Å². The Morgan fingerprint density at radius 1 is 1.07 bits per heavy atom. The molecule has 0 unspecified atom stereocenters. The van der Waals surface area contributed by atoms with E-state index in [1.807, 2.05) is 60.1 Å². The van der Waals surface area contributed by atoms with Crippen molar-refractivity contribution in [3.8, 4) is 11.5 Å². The molecule has 0 saturated carbocycles. The molecule has 0 aliphatic heterocycles. The summed E-state index contributed by atoms with van der Waals surface area (Å²) in [4.78, 5) is 15.3. The number of ether oxygens (including phenoxy) is 1. The normalized spacial score (nSPS) is 10.6. The van der Waals surface area contributed by atoms with E-state index in [2.05, 4.69) is 27.2 Å². The predicted molar refractivity (Wildman–Crippen MR) is 114 cm³/mol. The van der Waals surface area contributed by atoms with Crippen LogP contribution in [-0.2, 0) is 6.42 Å². The Kier molecular flexibility index (Phi) is 5.84. The van der Waals surface area contributed by atoms with Crippen LogP contribution in [0.1, 0.15) is 12.6 Å². The molecule has 0 bridgehead atoms. The van der Waals surface area contributed by atoms with Gasteiger partial charge in [0.15, 0.2) is 16.7 Å². The number of aromatic nitrogens is 3. The Morgan fingerprint density at radius 2 is 1.89 bits per heavy atom. The number of benzene rings is 1. The molecule has 5 nitrogen and oxygen atoms in total. The van der Waals surface area contributed by atoms with Crippen LogP contribution in [0.2, 0.25) is 0 Å². The molecule has 0 amide bonds. The van der Waals surface area contributed by atoms with E-state index in [1.165, 1.54) is 0 Å². The second-order valence-corrected chi connectivity index (χ2v) is 7.85. The van der Waals surface area contributed by atoms with Crippen molar-refractivity contribution in [2.45, 2.75) is 23.1 Å². The molecule has 7 heteroatoms. The molecule has 1 aromatic carbocycles. The summed E-state index contributed by atoms with van der Waals surface area (Å²) < 4.78 is 6.12. The summed E-state index contributed by atoms with van der Waals surface area (Å²) in [6.07, 6.45) is 6.29. The molecule has 3 heterocycles. The number of hydrogen-bond acceptors (Lipinski definition) is 7. The predicted octanol–water partition coefficient (Wildman–Crippen LogP) is 6.18. The Labute approximate surface area is 171 Å². The Bertz CT molecular complexity index is 1040. The van der Waals surface area contributed by atoms with Gasteiger partial charge in [0.1, 0.15) is 5.75 Å². The maximum absolute atomic E-state index is 6.12. The minimum absolute atomic E-state index is 0.639. The van der Waals surface area contributed by atoms with Crippen molar-refractivity contribution in [1.82, 2.24) is 15.0 Å². The number of aryl methyl sites for hydroxylation is 1. The number of nitrogens with one attached hydrogen (secondary N) is 1. The van der Waals surface area contributed by atoms with Gasteiger partial charge in [0.2, 0.25) is 0 Å². The number of hydrogen-bond donors (Lipinski definition) is 1. The fourth-order valence-electron chi connectivity index (χ4n) is 2.44. The molecule has 0 aliphatic rings. The van der Waals surface area contributed by atoms with Crippen LogP contribution in [0.3, 0.4) is 0 Å². The number of rotatable bonds is 7.